The normalized spacial score (nSPS) is 15.7. The molecule has 1 heterocycles. The molecule has 1 aromatic heterocycles. The Labute approximate surface area is 107 Å². The summed E-state index contributed by atoms with van der Waals surface area (Å²) in [5.41, 5.74) is 5.62. The number of rotatable bonds is 2. The third kappa shape index (κ3) is 2.30. The Kier molecular flexibility index (Phi) is 2.55. The summed E-state index contributed by atoms with van der Waals surface area (Å²) in [7, 11) is 0. The van der Waals surface area contributed by atoms with Crippen LogP contribution < -0.4 is 5.73 Å². The summed E-state index contributed by atoms with van der Waals surface area (Å²) in [5.74, 6) is 0.407. The maximum atomic E-state index is 13.0. The van der Waals surface area contributed by atoms with Gasteiger partial charge in [0.1, 0.15) is 0 Å². The predicted octanol–water partition coefficient (Wildman–Crippen LogP) is 3.35. The van der Waals surface area contributed by atoms with E-state index >= 15 is 0 Å². The van der Waals surface area contributed by atoms with E-state index in [4.69, 9.17) is 5.73 Å². The van der Waals surface area contributed by atoms with Crippen molar-refractivity contribution in [3.8, 4) is 5.69 Å². The summed E-state index contributed by atoms with van der Waals surface area (Å²) in [6, 6.07) is 5.51. The van der Waals surface area contributed by atoms with Gasteiger partial charge in [-0.3, -0.25) is 0 Å². The van der Waals surface area contributed by atoms with Crippen LogP contribution in [-0.2, 0) is 6.18 Å². The van der Waals surface area contributed by atoms with Gasteiger partial charge >= 0.3 is 6.18 Å². The van der Waals surface area contributed by atoms with Gasteiger partial charge in [-0.1, -0.05) is 0 Å². The fourth-order valence-electron chi connectivity index (χ4n) is 2.05. The molecule has 2 N–H and O–H groups in total. The number of aromatic nitrogens is 2. The van der Waals surface area contributed by atoms with Crippen LogP contribution in [0.3, 0.4) is 0 Å². The Morgan fingerprint density at radius 1 is 1.21 bits per heavy atom. The van der Waals surface area contributed by atoms with Crippen LogP contribution in [0.1, 0.15) is 30.0 Å². The Morgan fingerprint density at radius 3 is 2.58 bits per heavy atom. The van der Waals surface area contributed by atoms with E-state index in [-0.39, 0.29) is 11.4 Å². The summed E-state index contributed by atoms with van der Waals surface area (Å²) < 4.78 is 40.3. The van der Waals surface area contributed by atoms with Gasteiger partial charge < -0.3 is 5.73 Å². The molecular formula is C13H12F3N3. The molecule has 1 aliphatic carbocycles. The fourth-order valence-corrected chi connectivity index (χ4v) is 2.05. The van der Waals surface area contributed by atoms with Gasteiger partial charge in [-0.15, -0.1) is 0 Å². The number of nitrogen functional groups attached to an aromatic ring is 1. The molecule has 6 heteroatoms. The third-order valence-corrected chi connectivity index (χ3v) is 3.18. The van der Waals surface area contributed by atoms with Crippen molar-refractivity contribution in [1.82, 2.24) is 9.78 Å². The smallest absolute Gasteiger partial charge is 0.399 e. The van der Waals surface area contributed by atoms with Crippen LogP contribution in [0.15, 0.2) is 30.5 Å². The lowest BCUT2D eigenvalue weighted by molar-refractivity contribution is -0.137. The zero-order valence-corrected chi connectivity index (χ0v) is 9.98. The largest absolute Gasteiger partial charge is 0.418 e. The number of nitrogens with two attached hydrogens (primary N) is 1. The Hall–Kier alpha value is -1.98. The number of nitrogens with zero attached hydrogens (tertiary/aromatic N) is 2. The number of halogens is 3. The maximum absolute atomic E-state index is 13.0. The van der Waals surface area contributed by atoms with Crippen LogP contribution in [0, 0.1) is 0 Å². The number of alkyl halides is 3. The summed E-state index contributed by atoms with van der Waals surface area (Å²) in [5, 5.41) is 4.22. The fraction of sp³-hybridized carbons (Fsp3) is 0.308. The Bertz CT molecular complexity index is 612. The number of anilines is 1. The van der Waals surface area contributed by atoms with Crippen LogP contribution in [0.25, 0.3) is 5.69 Å². The second kappa shape index (κ2) is 4.01. The first-order valence-electron chi connectivity index (χ1n) is 5.98. The molecule has 0 bridgehead atoms. The van der Waals surface area contributed by atoms with Crippen molar-refractivity contribution in [3.63, 3.8) is 0 Å². The van der Waals surface area contributed by atoms with Crippen molar-refractivity contribution < 1.29 is 13.2 Å². The molecule has 0 saturated heterocycles. The monoisotopic (exact) mass is 267 g/mol. The molecule has 1 fully saturated rings. The zero-order chi connectivity index (χ0) is 13.6. The maximum Gasteiger partial charge on any atom is 0.418 e. The molecule has 0 radical (unpaired) electrons. The summed E-state index contributed by atoms with van der Waals surface area (Å²) in [6.45, 7) is 0. The molecule has 0 aliphatic heterocycles. The van der Waals surface area contributed by atoms with E-state index in [1.165, 1.54) is 16.8 Å². The van der Waals surface area contributed by atoms with Gasteiger partial charge in [-0.2, -0.15) is 18.3 Å². The lowest BCUT2D eigenvalue weighted by Crippen LogP contribution is -2.12. The summed E-state index contributed by atoms with van der Waals surface area (Å²) in [4.78, 5) is 0. The summed E-state index contributed by atoms with van der Waals surface area (Å²) in [6.07, 6.45) is -0.763. The third-order valence-electron chi connectivity index (χ3n) is 3.18. The summed E-state index contributed by atoms with van der Waals surface area (Å²) >= 11 is 0. The minimum atomic E-state index is -4.45. The van der Waals surface area contributed by atoms with Crippen LogP contribution in [0.5, 0.6) is 0 Å². The molecule has 0 amide bonds. The lowest BCUT2D eigenvalue weighted by Gasteiger charge is -2.13. The topological polar surface area (TPSA) is 43.8 Å². The second-order valence-electron chi connectivity index (χ2n) is 4.73. The van der Waals surface area contributed by atoms with Crippen LogP contribution >= 0.6 is 0 Å². The lowest BCUT2D eigenvalue weighted by atomic mass is 10.1. The van der Waals surface area contributed by atoms with Gasteiger partial charge in [0.2, 0.25) is 0 Å². The molecule has 0 atom stereocenters. The highest BCUT2D eigenvalue weighted by Gasteiger charge is 2.35. The molecule has 1 aliphatic rings. The average molecular weight is 267 g/mol. The number of hydrogen-bond donors (Lipinski definition) is 1. The highest BCUT2D eigenvalue weighted by atomic mass is 19.4. The number of benzene rings is 1. The minimum absolute atomic E-state index is 0.00796. The molecule has 1 saturated carbocycles. The van der Waals surface area contributed by atoms with Crippen molar-refractivity contribution in [2.45, 2.75) is 24.9 Å². The van der Waals surface area contributed by atoms with E-state index in [2.05, 4.69) is 5.10 Å². The van der Waals surface area contributed by atoms with Crippen molar-refractivity contribution in [2.75, 3.05) is 5.73 Å². The van der Waals surface area contributed by atoms with Gasteiger partial charge in [-0.25, -0.2) is 4.68 Å². The minimum Gasteiger partial charge on any atom is -0.399 e. The average Bonchev–Trinajstić information content (AvgIpc) is 3.07. The van der Waals surface area contributed by atoms with Gasteiger partial charge in [0, 0.05) is 17.8 Å². The van der Waals surface area contributed by atoms with Gasteiger partial charge in [0.05, 0.1) is 16.9 Å². The van der Waals surface area contributed by atoms with Crippen molar-refractivity contribution in [1.29, 1.82) is 0 Å². The molecule has 19 heavy (non-hydrogen) atoms. The van der Waals surface area contributed by atoms with E-state index < -0.39 is 11.7 Å². The van der Waals surface area contributed by atoms with E-state index in [1.807, 2.05) is 0 Å². The van der Waals surface area contributed by atoms with E-state index in [0.717, 1.165) is 24.6 Å². The molecule has 2 aromatic rings. The van der Waals surface area contributed by atoms with Crippen LogP contribution in [0.4, 0.5) is 18.9 Å². The second-order valence-corrected chi connectivity index (χ2v) is 4.73. The van der Waals surface area contributed by atoms with Gasteiger partial charge in [0.15, 0.2) is 0 Å². The van der Waals surface area contributed by atoms with E-state index in [9.17, 15) is 13.2 Å². The van der Waals surface area contributed by atoms with Gasteiger partial charge in [-0.05, 0) is 37.1 Å². The first kappa shape index (κ1) is 12.1. The molecule has 3 rings (SSSR count). The first-order chi connectivity index (χ1) is 8.95. The SMILES string of the molecule is Nc1ccc(-n2ccc(C3CC3)n2)c(C(F)(F)F)c1. The van der Waals surface area contributed by atoms with Crippen LogP contribution in [-0.4, -0.2) is 9.78 Å². The van der Waals surface area contributed by atoms with Crippen LogP contribution in [0.2, 0.25) is 0 Å². The quantitative estimate of drug-likeness (QED) is 0.848. The molecule has 100 valence electrons. The van der Waals surface area contributed by atoms with E-state index in [1.54, 1.807) is 12.3 Å². The predicted molar refractivity (Wildman–Crippen MR) is 65.0 cm³/mol. The number of hydrogen-bond acceptors (Lipinski definition) is 2. The van der Waals surface area contributed by atoms with E-state index in [0.29, 0.717) is 5.92 Å². The molecule has 0 unspecified atom stereocenters. The highest BCUT2D eigenvalue weighted by Crippen LogP contribution is 2.40. The molecular weight excluding hydrogens is 255 g/mol. The Morgan fingerprint density at radius 2 is 1.95 bits per heavy atom. The van der Waals surface area contributed by atoms with Crippen molar-refractivity contribution >= 4 is 5.69 Å². The zero-order valence-electron chi connectivity index (χ0n) is 9.98. The van der Waals surface area contributed by atoms with Crippen molar-refractivity contribution in [2.24, 2.45) is 0 Å². The van der Waals surface area contributed by atoms with Crippen molar-refractivity contribution in [3.05, 3.63) is 41.7 Å². The van der Waals surface area contributed by atoms with Gasteiger partial charge in [0.25, 0.3) is 0 Å². The molecule has 3 nitrogen and oxygen atoms in total. The first-order valence-corrected chi connectivity index (χ1v) is 5.98. The molecule has 1 aromatic carbocycles. The Balaban J connectivity index is 2.07. The molecule has 0 spiro atoms. The highest BCUT2D eigenvalue weighted by molar-refractivity contribution is 5.52. The standard InChI is InChI=1S/C13H12F3N3/c14-13(15,16)10-7-9(17)3-4-12(10)19-6-5-11(18-19)8-1-2-8/h3-8H,1-2,17H2.